The summed E-state index contributed by atoms with van der Waals surface area (Å²) >= 11 is 0. The summed E-state index contributed by atoms with van der Waals surface area (Å²) in [5.41, 5.74) is 1.39. The van der Waals surface area contributed by atoms with Gasteiger partial charge in [-0.2, -0.15) is 0 Å². The van der Waals surface area contributed by atoms with Gasteiger partial charge in [-0.05, 0) is 50.1 Å². The molecule has 4 nitrogen and oxygen atoms in total. The van der Waals surface area contributed by atoms with Crippen molar-refractivity contribution in [3.8, 4) is 0 Å². The third-order valence-corrected chi connectivity index (χ3v) is 5.30. The minimum absolute atomic E-state index is 0.166. The van der Waals surface area contributed by atoms with E-state index in [0.717, 1.165) is 52.1 Å². The van der Waals surface area contributed by atoms with Gasteiger partial charge in [0, 0.05) is 38.8 Å². The van der Waals surface area contributed by atoms with Crippen LogP contribution < -0.4 is 5.32 Å². The van der Waals surface area contributed by atoms with Gasteiger partial charge in [-0.3, -0.25) is 9.69 Å². The Morgan fingerprint density at radius 3 is 2.75 bits per heavy atom. The standard InChI is InChI=1S/C20H30N2O2/c23-20(19-9-13-24-14-10-19)21-11-8-18-7-4-12-22(16-18)15-17-5-2-1-3-6-17/h1-3,5-6,18-19H,4,7-16H2,(H,21,23)/t18-/m1/s1. The van der Waals surface area contributed by atoms with Crippen LogP contribution in [0.1, 0.15) is 37.7 Å². The van der Waals surface area contributed by atoms with Gasteiger partial charge in [-0.1, -0.05) is 30.3 Å². The summed E-state index contributed by atoms with van der Waals surface area (Å²) in [5, 5.41) is 3.15. The molecule has 0 radical (unpaired) electrons. The number of nitrogens with one attached hydrogen (secondary N) is 1. The first-order chi connectivity index (χ1) is 11.8. The number of amides is 1. The maximum atomic E-state index is 12.2. The summed E-state index contributed by atoms with van der Waals surface area (Å²) in [7, 11) is 0. The number of nitrogens with zero attached hydrogens (tertiary/aromatic N) is 1. The minimum atomic E-state index is 0.166. The highest BCUT2D eigenvalue weighted by molar-refractivity contribution is 5.78. The second-order valence-corrected chi connectivity index (χ2v) is 7.20. The highest BCUT2D eigenvalue weighted by Gasteiger charge is 2.23. The summed E-state index contributed by atoms with van der Waals surface area (Å²) in [6.45, 7) is 5.68. The fourth-order valence-electron chi connectivity index (χ4n) is 3.88. The SMILES string of the molecule is O=C(NCC[C@H]1CCCN(Cc2ccccc2)C1)C1CCOCC1. The molecular weight excluding hydrogens is 300 g/mol. The number of carbonyl (C=O) groups excluding carboxylic acids is 1. The molecule has 4 heteroatoms. The van der Waals surface area contributed by atoms with Crippen LogP contribution in [-0.4, -0.2) is 43.7 Å². The van der Waals surface area contributed by atoms with Crippen molar-refractivity contribution in [3.63, 3.8) is 0 Å². The zero-order valence-corrected chi connectivity index (χ0v) is 14.6. The zero-order chi connectivity index (χ0) is 16.6. The smallest absolute Gasteiger partial charge is 0.223 e. The van der Waals surface area contributed by atoms with Crippen molar-refractivity contribution in [2.75, 3.05) is 32.8 Å². The normalized spacial score (nSPS) is 23.1. The van der Waals surface area contributed by atoms with Gasteiger partial charge in [0.2, 0.25) is 5.91 Å². The van der Waals surface area contributed by atoms with Crippen molar-refractivity contribution >= 4 is 5.91 Å². The van der Waals surface area contributed by atoms with E-state index in [0.29, 0.717) is 5.92 Å². The highest BCUT2D eigenvalue weighted by atomic mass is 16.5. The molecule has 3 rings (SSSR count). The zero-order valence-electron chi connectivity index (χ0n) is 14.6. The number of piperidine rings is 1. The Labute approximate surface area is 145 Å². The average molecular weight is 330 g/mol. The van der Waals surface area contributed by atoms with E-state index >= 15 is 0 Å². The van der Waals surface area contributed by atoms with E-state index in [-0.39, 0.29) is 11.8 Å². The van der Waals surface area contributed by atoms with Crippen molar-refractivity contribution in [2.45, 2.75) is 38.6 Å². The van der Waals surface area contributed by atoms with Crippen LogP contribution in [0.25, 0.3) is 0 Å². The first kappa shape index (κ1) is 17.4. The molecule has 2 aliphatic heterocycles. The minimum Gasteiger partial charge on any atom is -0.381 e. The number of hydrogen-bond acceptors (Lipinski definition) is 3. The maximum absolute atomic E-state index is 12.2. The molecule has 1 aromatic carbocycles. The van der Waals surface area contributed by atoms with E-state index in [1.54, 1.807) is 0 Å². The molecule has 24 heavy (non-hydrogen) atoms. The number of likely N-dealkylation sites (tertiary alicyclic amines) is 1. The third-order valence-electron chi connectivity index (χ3n) is 5.30. The fraction of sp³-hybridized carbons (Fsp3) is 0.650. The van der Waals surface area contributed by atoms with Gasteiger partial charge in [0.25, 0.3) is 0 Å². The van der Waals surface area contributed by atoms with Crippen LogP contribution in [0.15, 0.2) is 30.3 Å². The van der Waals surface area contributed by atoms with Gasteiger partial charge < -0.3 is 10.1 Å². The van der Waals surface area contributed by atoms with Gasteiger partial charge >= 0.3 is 0 Å². The topological polar surface area (TPSA) is 41.6 Å². The number of hydrogen-bond donors (Lipinski definition) is 1. The van der Waals surface area contributed by atoms with Crippen molar-refractivity contribution in [3.05, 3.63) is 35.9 Å². The van der Waals surface area contributed by atoms with Gasteiger partial charge in [0.15, 0.2) is 0 Å². The van der Waals surface area contributed by atoms with Crippen molar-refractivity contribution in [1.29, 1.82) is 0 Å². The molecule has 0 bridgehead atoms. The largest absolute Gasteiger partial charge is 0.381 e. The van der Waals surface area contributed by atoms with Crippen LogP contribution in [0.3, 0.4) is 0 Å². The molecule has 1 aromatic rings. The van der Waals surface area contributed by atoms with Crippen molar-refractivity contribution in [2.24, 2.45) is 11.8 Å². The van der Waals surface area contributed by atoms with Crippen LogP contribution >= 0.6 is 0 Å². The summed E-state index contributed by atoms with van der Waals surface area (Å²) in [4.78, 5) is 14.7. The van der Waals surface area contributed by atoms with E-state index in [9.17, 15) is 4.79 Å². The number of benzene rings is 1. The molecule has 1 amide bonds. The monoisotopic (exact) mass is 330 g/mol. The van der Waals surface area contributed by atoms with E-state index in [1.807, 2.05) is 0 Å². The van der Waals surface area contributed by atoms with Crippen LogP contribution in [0, 0.1) is 11.8 Å². The first-order valence-electron chi connectivity index (χ1n) is 9.43. The molecule has 132 valence electrons. The molecular formula is C20H30N2O2. The number of carbonyl (C=O) groups is 1. The first-order valence-corrected chi connectivity index (χ1v) is 9.43. The molecule has 0 spiro atoms. The molecule has 0 saturated carbocycles. The summed E-state index contributed by atoms with van der Waals surface area (Å²) < 4.78 is 5.32. The average Bonchev–Trinajstić information content (AvgIpc) is 2.63. The van der Waals surface area contributed by atoms with E-state index in [1.165, 1.54) is 24.9 Å². The van der Waals surface area contributed by atoms with Crippen molar-refractivity contribution in [1.82, 2.24) is 10.2 Å². The molecule has 2 aliphatic rings. The Kier molecular flexibility index (Phi) is 6.67. The maximum Gasteiger partial charge on any atom is 0.223 e. The predicted octanol–water partition coefficient (Wildman–Crippen LogP) is 2.83. The van der Waals surface area contributed by atoms with Crippen LogP contribution in [-0.2, 0) is 16.1 Å². The van der Waals surface area contributed by atoms with Gasteiger partial charge in [0.1, 0.15) is 0 Å². The lowest BCUT2D eigenvalue weighted by Crippen LogP contribution is -2.38. The number of rotatable bonds is 6. The molecule has 1 atom stereocenters. The third kappa shape index (κ3) is 5.32. The van der Waals surface area contributed by atoms with Gasteiger partial charge in [-0.15, -0.1) is 0 Å². The van der Waals surface area contributed by atoms with Crippen LogP contribution in [0.4, 0.5) is 0 Å². The summed E-state index contributed by atoms with van der Waals surface area (Å²) in [6.07, 6.45) is 5.41. The lowest BCUT2D eigenvalue weighted by atomic mass is 9.94. The molecule has 0 aromatic heterocycles. The van der Waals surface area contributed by atoms with Crippen LogP contribution in [0.2, 0.25) is 0 Å². The van der Waals surface area contributed by atoms with Gasteiger partial charge in [-0.25, -0.2) is 0 Å². The quantitative estimate of drug-likeness (QED) is 0.872. The Bertz CT molecular complexity index is 500. The van der Waals surface area contributed by atoms with E-state index in [4.69, 9.17) is 4.74 Å². The summed E-state index contributed by atoms with van der Waals surface area (Å²) in [5.74, 6) is 1.10. The predicted molar refractivity (Wildman–Crippen MR) is 95.6 cm³/mol. The lowest BCUT2D eigenvalue weighted by molar-refractivity contribution is -0.127. The Hall–Kier alpha value is -1.39. The molecule has 2 heterocycles. The lowest BCUT2D eigenvalue weighted by Gasteiger charge is -2.33. The second kappa shape index (κ2) is 9.19. The molecule has 0 aliphatic carbocycles. The second-order valence-electron chi connectivity index (χ2n) is 7.20. The molecule has 2 fully saturated rings. The molecule has 0 unspecified atom stereocenters. The van der Waals surface area contributed by atoms with E-state index in [2.05, 4.69) is 40.5 Å². The van der Waals surface area contributed by atoms with Gasteiger partial charge in [0.05, 0.1) is 0 Å². The molecule has 2 saturated heterocycles. The number of ether oxygens (including phenoxy) is 1. The highest BCUT2D eigenvalue weighted by Crippen LogP contribution is 2.21. The summed E-state index contributed by atoms with van der Waals surface area (Å²) in [6, 6.07) is 10.7. The Morgan fingerprint density at radius 2 is 1.96 bits per heavy atom. The Balaban J connectivity index is 1.37. The van der Waals surface area contributed by atoms with Crippen LogP contribution in [0.5, 0.6) is 0 Å². The van der Waals surface area contributed by atoms with Crippen molar-refractivity contribution < 1.29 is 9.53 Å². The Morgan fingerprint density at radius 1 is 1.17 bits per heavy atom. The molecule has 1 N–H and O–H groups in total. The fourth-order valence-corrected chi connectivity index (χ4v) is 3.88. The van der Waals surface area contributed by atoms with E-state index < -0.39 is 0 Å².